The number of benzene rings is 5. The van der Waals surface area contributed by atoms with E-state index in [0.717, 1.165) is 32.1 Å². The van der Waals surface area contributed by atoms with Gasteiger partial charge in [0.05, 0.1) is 14.2 Å². The average molecular weight is 1190 g/mol. The van der Waals surface area contributed by atoms with Crippen LogP contribution < -0.4 is 31.9 Å². The molecule has 22 nitrogen and oxygen atoms in total. The van der Waals surface area contributed by atoms with Crippen molar-refractivity contribution in [3.8, 4) is 0 Å². The Kier molecular flexibility index (Phi) is 28.7. The molecule has 0 spiro atoms. The van der Waals surface area contributed by atoms with Gasteiger partial charge in [-0.25, -0.2) is 28.0 Å². The van der Waals surface area contributed by atoms with Gasteiger partial charge >= 0.3 is 24.1 Å². The van der Waals surface area contributed by atoms with E-state index in [1.165, 1.54) is 62.8 Å². The van der Waals surface area contributed by atoms with Crippen LogP contribution in [0.15, 0.2) is 133 Å². The maximum Gasteiger partial charge on any atom is 0.408 e. The first-order valence-corrected chi connectivity index (χ1v) is 27.8. The Labute approximate surface area is 497 Å². The van der Waals surface area contributed by atoms with Crippen LogP contribution in [0.2, 0.25) is 0 Å². The van der Waals surface area contributed by atoms with E-state index in [0.29, 0.717) is 38.5 Å². The Bertz CT molecular complexity index is 2830. The molecule has 0 saturated heterocycles. The molecule has 0 fully saturated rings. The number of esters is 2. The molecule has 0 saturated carbocycles. The molecule has 24 heteroatoms. The van der Waals surface area contributed by atoms with E-state index in [4.69, 9.17) is 18.9 Å². The second-order valence-corrected chi connectivity index (χ2v) is 19.6. The molecule has 2 atom stereocenters. The van der Waals surface area contributed by atoms with E-state index in [1.807, 2.05) is 12.1 Å². The number of nitrogens with one attached hydrogen (secondary N) is 6. The molecule has 0 aliphatic rings. The number of unbranched alkanes of at least 4 members (excludes halogenated alkanes) is 2. The predicted molar refractivity (Wildman–Crippen MR) is 309 cm³/mol. The molecule has 0 radical (unpaired) electrons. The fraction of sp³-hybridized carbons (Fsp3) is 0.355. The Hall–Kier alpha value is -9.74. The third kappa shape index (κ3) is 25.0. The monoisotopic (exact) mass is 1190 g/mol. The molecule has 5 aromatic rings. The van der Waals surface area contributed by atoms with Gasteiger partial charge in [-0.15, -0.1) is 0 Å². The van der Waals surface area contributed by atoms with E-state index in [-0.39, 0.29) is 63.4 Å². The van der Waals surface area contributed by atoms with Gasteiger partial charge in [0.1, 0.15) is 63.1 Å². The highest BCUT2D eigenvalue weighted by Crippen LogP contribution is 2.14. The first kappa shape index (κ1) is 67.1. The van der Waals surface area contributed by atoms with Gasteiger partial charge in [-0.1, -0.05) is 91.0 Å². The molecular weight excluding hydrogens is 1120 g/mol. The Morgan fingerprint density at radius 3 is 1.12 bits per heavy atom. The molecule has 8 amide bonds. The Morgan fingerprint density at radius 1 is 0.419 bits per heavy atom. The number of methoxy groups -OCH3 is 2. The van der Waals surface area contributed by atoms with Gasteiger partial charge in [-0.3, -0.25) is 28.8 Å². The minimum atomic E-state index is -1.05. The van der Waals surface area contributed by atoms with Crippen LogP contribution in [0.1, 0.15) is 81.5 Å². The minimum absolute atomic E-state index is 0.0266. The van der Waals surface area contributed by atoms with Crippen molar-refractivity contribution < 1.29 is 75.7 Å². The SMILES string of the molecule is COC(=O)[C@H](CCCCNC(=O)CN(CC(=O)NCCc1ccc(F)cc1)C(=O)c1cccc(C(=O)N(CC(=O)NCCCC[C@H](NC(=O)OCc2ccccc2)C(=O)OC)CC(=O)NCCc2ccc(F)cc2)c1)NC(=O)OCc1ccccc1. The molecule has 86 heavy (non-hydrogen) atoms. The van der Waals surface area contributed by atoms with Crippen molar-refractivity contribution in [2.75, 3.05) is 66.6 Å². The fourth-order valence-electron chi connectivity index (χ4n) is 8.46. The lowest BCUT2D eigenvalue weighted by atomic mass is 10.1. The van der Waals surface area contributed by atoms with Crippen LogP contribution in [0.25, 0.3) is 0 Å². The lowest BCUT2D eigenvalue weighted by molar-refractivity contribution is -0.144. The Morgan fingerprint density at radius 2 is 0.767 bits per heavy atom. The van der Waals surface area contributed by atoms with Crippen molar-refractivity contribution in [2.24, 2.45) is 0 Å². The summed E-state index contributed by atoms with van der Waals surface area (Å²) in [6.45, 7) is -2.24. The number of carbonyl (C=O) groups is 10. The van der Waals surface area contributed by atoms with E-state index in [1.54, 1.807) is 72.8 Å². The number of amides is 8. The fourth-order valence-corrected chi connectivity index (χ4v) is 8.46. The number of hydrogen-bond donors (Lipinski definition) is 6. The maximum absolute atomic E-state index is 14.4. The predicted octanol–water partition coefficient (Wildman–Crippen LogP) is 5.08. The first-order valence-electron chi connectivity index (χ1n) is 27.8. The number of hydrogen-bond acceptors (Lipinski definition) is 14. The number of rotatable bonds is 34. The third-order valence-corrected chi connectivity index (χ3v) is 13.0. The normalized spacial score (nSPS) is 11.3. The van der Waals surface area contributed by atoms with Gasteiger partial charge in [-0.2, -0.15) is 0 Å². The summed E-state index contributed by atoms with van der Waals surface area (Å²) >= 11 is 0. The number of alkyl carbamates (subject to hydrolysis) is 2. The van der Waals surface area contributed by atoms with Crippen LogP contribution in [0, 0.1) is 11.6 Å². The van der Waals surface area contributed by atoms with Crippen LogP contribution in [0.3, 0.4) is 0 Å². The quantitative estimate of drug-likeness (QED) is 0.0178. The first-order chi connectivity index (χ1) is 41.5. The molecule has 0 unspecified atom stereocenters. The lowest BCUT2D eigenvalue weighted by Gasteiger charge is -2.24. The smallest absolute Gasteiger partial charge is 0.408 e. The minimum Gasteiger partial charge on any atom is -0.467 e. The van der Waals surface area contributed by atoms with E-state index >= 15 is 0 Å². The van der Waals surface area contributed by atoms with Crippen LogP contribution >= 0.6 is 0 Å². The van der Waals surface area contributed by atoms with Crippen LogP contribution in [0.5, 0.6) is 0 Å². The van der Waals surface area contributed by atoms with Gasteiger partial charge in [0.15, 0.2) is 0 Å². The summed E-state index contributed by atoms with van der Waals surface area (Å²) < 4.78 is 47.3. The average Bonchev–Trinajstić information content (AvgIpc) is 2.78. The summed E-state index contributed by atoms with van der Waals surface area (Å²) in [5.41, 5.74) is 2.66. The lowest BCUT2D eigenvalue weighted by Crippen LogP contribution is -2.47. The largest absolute Gasteiger partial charge is 0.467 e. The van der Waals surface area contributed by atoms with Crippen molar-refractivity contribution in [2.45, 2.75) is 76.7 Å². The van der Waals surface area contributed by atoms with Crippen LogP contribution in [0.4, 0.5) is 18.4 Å². The summed E-state index contributed by atoms with van der Waals surface area (Å²) in [5.74, 6) is -6.59. The van der Waals surface area contributed by atoms with Gasteiger partial charge in [0.2, 0.25) is 23.6 Å². The maximum atomic E-state index is 14.4. The highest BCUT2D eigenvalue weighted by atomic mass is 19.1. The zero-order valence-electron chi connectivity index (χ0n) is 48.0. The summed E-state index contributed by atoms with van der Waals surface area (Å²) in [6, 6.07) is 32.4. The van der Waals surface area contributed by atoms with Gasteiger partial charge in [0.25, 0.3) is 11.8 Å². The van der Waals surface area contributed by atoms with E-state index in [2.05, 4.69) is 31.9 Å². The standard InChI is InChI=1S/C62H72F2N8O14/c1-83-59(79)51(69-61(81)85-41-45-14-5-3-6-15-45)20-9-11-32-65-53(73)37-71(39-55(75)67-34-30-43-22-26-49(63)27-23-43)57(77)47-18-13-19-48(36-47)58(78)72(40-56(76)68-35-31-44-24-28-50(64)29-25-44)38-54(74)66-33-12-10-21-52(60(80)84-2)70-62(82)86-42-46-16-7-4-8-17-46/h3-8,13-19,22-29,36,51-52H,9-12,20-21,30-35,37-42H2,1-2H3,(H,65,73)(H,66,74)(H,67,75)(H,68,76)(H,69,81)(H,70,82)/t51-,52-/m0/s1. The number of carbonyl (C=O) groups excluding carboxylic acids is 10. The number of halogens is 2. The topological polar surface area (TPSA) is 286 Å². The molecule has 0 heterocycles. The second-order valence-electron chi connectivity index (χ2n) is 19.6. The number of nitrogens with zero attached hydrogens (tertiary/aromatic N) is 2. The highest BCUT2D eigenvalue weighted by Gasteiger charge is 2.27. The summed E-state index contributed by atoms with van der Waals surface area (Å²) in [5, 5.41) is 15.8. The molecule has 0 aliphatic carbocycles. The molecule has 0 aromatic heterocycles. The van der Waals surface area contributed by atoms with Crippen molar-refractivity contribution in [3.63, 3.8) is 0 Å². The number of ether oxygens (including phenoxy) is 4. The summed E-state index contributed by atoms with van der Waals surface area (Å²) in [6.07, 6.45) is 0.492. The van der Waals surface area contributed by atoms with Crippen molar-refractivity contribution in [1.82, 2.24) is 41.7 Å². The van der Waals surface area contributed by atoms with Crippen LogP contribution in [-0.2, 0) is 73.8 Å². The summed E-state index contributed by atoms with van der Waals surface area (Å²) in [7, 11) is 2.35. The third-order valence-electron chi connectivity index (χ3n) is 13.0. The Balaban J connectivity index is 1.23. The van der Waals surface area contributed by atoms with Crippen molar-refractivity contribution in [1.29, 1.82) is 0 Å². The van der Waals surface area contributed by atoms with E-state index < -0.39 is 109 Å². The molecule has 0 aliphatic heterocycles. The van der Waals surface area contributed by atoms with Crippen LogP contribution in [-0.4, -0.2) is 148 Å². The highest BCUT2D eigenvalue weighted by molar-refractivity contribution is 6.03. The zero-order chi connectivity index (χ0) is 62.1. The van der Waals surface area contributed by atoms with Gasteiger partial charge < -0.3 is 60.6 Å². The van der Waals surface area contributed by atoms with Crippen molar-refractivity contribution in [3.05, 3.63) is 178 Å². The molecule has 5 aromatic carbocycles. The van der Waals surface area contributed by atoms with Gasteiger partial charge in [0, 0.05) is 37.3 Å². The molecule has 5 rings (SSSR count). The second kappa shape index (κ2) is 36.8. The molecule has 458 valence electrons. The molecule has 6 N–H and O–H groups in total. The molecular formula is C62H72F2N8O14. The van der Waals surface area contributed by atoms with Crippen molar-refractivity contribution >= 4 is 59.6 Å². The zero-order valence-corrected chi connectivity index (χ0v) is 48.0. The molecule has 0 bridgehead atoms. The van der Waals surface area contributed by atoms with Gasteiger partial charge in [-0.05, 0) is 116 Å². The van der Waals surface area contributed by atoms with E-state index in [9.17, 15) is 56.7 Å². The summed E-state index contributed by atoms with van der Waals surface area (Å²) in [4.78, 5) is 135.